The maximum atomic E-state index is 12.4. The Morgan fingerprint density at radius 1 is 1.45 bits per heavy atom. The first-order valence-electron chi connectivity index (χ1n) is 6.74. The lowest BCUT2D eigenvalue weighted by Crippen LogP contribution is -2.50. The number of pyridine rings is 1. The number of amidine groups is 1. The Morgan fingerprint density at radius 2 is 2.25 bits per heavy atom. The summed E-state index contributed by atoms with van der Waals surface area (Å²) in [5, 5.41) is 7.55. The van der Waals surface area contributed by atoms with Gasteiger partial charge in [-0.25, -0.2) is 8.42 Å². The molecule has 0 spiro atoms. The number of aromatic nitrogens is 1. The van der Waals surface area contributed by atoms with Crippen LogP contribution in [0.15, 0.2) is 24.4 Å². The average molecular weight is 296 g/mol. The van der Waals surface area contributed by atoms with E-state index in [1.54, 1.807) is 12.3 Å². The molecule has 20 heavy (non-hydrogen) atoms. The third-order valence-corrected chi connectivity index (χ3v) is 5.38. The van der Waals surface area contributed by atoms with Crippen molar-refractivity contribution < 1.29 is 8.42 Å². The summed E-state index contributed by atoms with van der Waals surface area (Å²) in [6.45, 7) is 0.453. The van der Waals surface area contributed by atoms with Crippen LogP contribution in [0, 0.1) is 5.41 Å². The lowest BCUT2D eigenvalue weighted by atomic mass is 10.0. The molecule has 1 atom stereocenters. The van der Waals surface area contributed by atoms with Gasteiger partial charge in [-0.3, -0.25) is 10.4 Å². The molecule has 0 bridgehead atoms. The van der Waals surface area contributed by atoms with Gasteiger partial charge in [0, 0.05) is 24.9 Å². The number of hydrogen-bond acceptors (Lipinski definition) is 4. The monoisotopic (exact) mass is 296 g/mol. The van der Waals surface area contributed by atoms with Gasteiger partial charge in [0.25, 0.3) is 0 Å². The Labute approximate surface area is 119 Å². The summed E-state index contributed by atoms with van der Waals surface area (Å²) in [7, 11) is -3.40. The van der Waals surface area contributed by atoms with Crippen molar-refractivity contribution in [2.75, 3.05) is 12.3 Å². The molecular formula is C13H20N4O2S. The molecule has 1 aliphatic heterocycles. The van der Waals surface area contributed by atoms with E-state index in [1.807, 2.05) is 12.1 Å². The van der Waals surface area contributed by atoms with E-state index < -0.39 is 16.1 Å². The number of aryl methyl sites for hydroxylation is 1. The van der Waals surface area contributed by atoms with Gasteiger partial charge in [0.1, 0.15) is 5.84 Å². The fourth-order valence-electron chi connectivity index (χ4n) is 2.45. The van der Waals surface area contributed by atoms with Gasteiger partial charge < -0.3 is 5.73 Å². The van der Waals surface area contributed by atoms with Crippen molar-refractivity contribution in [1.82, 2.24) is 9.29 Å². The number of rotatable bonds is 5. The summed E-state index contributed by atoms with van der Waals surface area (Å²) >= 11 is 0. The predicted octanol–water partition coefficient (Wildman–Crippen LogP) is 0.744. The van der Waals surface area contributed by atoms with Crippen molar-refractivity contribution in [2.45, 2.75) is 31.7 Å². The van der Waals surface area contributed by atoms with E-state index in [-0.39, 0.29) is 11.6 Å². The molecule has 1 aromatic heterocycles. The highest BCUT2D eigenvalue weighted by Crippen LogP contribution is 2.21. The Kier molecular flexibility index (Phi) is 4.72. The van der Waals surface area contributed by atoms with Crippen LogP contribution < -0.4 is 5.73 Å². The zero-order chi connectivity index (χ0) is 14.6. The normalized spacial score (nSPS) is 20.7. The molecule has 0 saturated carbocycles. The summed E-state index contributed by atoms with van der Waals surface area (Å²) in [4.78, 5) is 4.13. The highest BCUT2D eigenvalue weighted by Gasteiger charge is 2.33. The first-order chi connectivity index (χ1) is 9.50. The number of sulfonamides is 1. The van der Waals surface area contributed by atoms with E-state index in [1.165, 1.54) is 4.31 Å². The zero-order valence-corrected chi connectivity index (χ0v) is 12.1. The van der Waals surface area contributed by atoms with Gasteiger partial charge in [0.15, 0.2) is 0 Å². The van der Waals surface area contributed by atoms with Crippen molar-refractivity contribution in [3.8, 4) is 0 Å². The van der Waals surface area contributed by atoms with E-state index in [2.05, 4.69) is 4.98 Å². The van der Waals surface area contributed by atoms with Crippen LogP contribution in [0.4, 0.5) is 0 Å². The molecule has 0 aliphatic carbocycles. The van der Waals surface area contributed by atoms with Gasteiger partial charge in [0.2, 0.25) is 10.0 Å². The van der Waals surface area contributed by atoms with Crippen molar-refractivity contribution in [2.24, 2.45) is 5.73 Å². The van der Waals surface area contributed by atoms with E-state index in [9.17, 15) is 8.42 Å². The Balaban J connectivity index is 2.06. The van der Waals surface area contributed by atoms with Crippen LogP contribution in [0.2, 0.25) is 0 Å². The molecule has 110 valence electrons. The smallest absolute Gasteiger partial charge is 0.215 e. The molecule has 1 aromatic rings. The van der Waals surface area contributed by atoms with E-state index in [4.69, 9.17) is 11.1 Å². The molecular weight excluding hydrogens is 276 g/mol. The van der Waals surface area contributed by atoms with Gasteiger partial charge in [0.05, 0.1) is 11.8 Å². The minimum Gasteiger partial charge on any atom is -0.386 e. The number of nitrogens with zero attached hydrogens (tertiary/aromatic N) is 2. The van der Waals surface area contributed by atoms with E-state index >= 15 is 0 Å². The average Bonchev–Trinajstić information content (AvgIpc) is 2.46. The van der Waals surface area contributed by atoms with Gasteiger partial charge in [-0.05, 0) is 25.0 Å². The standard InChI is InChI=1S/C13H20N4O2S/c14-13(15)12-6-2-4-9-17(12)20(18,19)10-7-11-5-1-3-8-16-11/h1,3,5,8,12H,2,4,6-7,9-10H2,(H3,14,15). The second-order valence-electron chi connectivity index (χ2n) is 4.96. The molecule has 0 aromatic carbocycles. The number of hydrogen-bond donors (Lipinski definition) is 2. The number of nitrogens with two attached hydrogens (primary N) is 1. The summed E-state index contributed by atoms with van der Waals surface area (Å²) in [6.07, 6.45) is 4.41. The van der Waals surface area contributed by atoms with Gasteiger partial charge in [-0.1, -0.05) is 12.5 Å². The second kappa shape index (κ2) is 6.32. The minimum atomic E-state index is -3.40. The molecule has 0 radical (unpaired) electrons. The summed E-state index contributed by atoms with van der Waals surface area (Å²) in [5.41, 5.74) is 6.28. The molecule has 3 N–H and O–H groups in total. The van der Waals surface area contributed by atoms with Crippen molar-refractivity contribution >= 4 is 15.9 Å². The molecule has 0 amide bonds. The summed E-state index contributed by atoms with van der Waals surface area (Å²) in [6, 6.07) is 4.98. The highest BCUT2D eigenvalue weighted by molar-refractivity contribution is 7.89. The predicted molar refractivity (Wildman–Crippen MR) is 78.0 cm³/mol. The lowest BCUT2D eigenvalue weighted by molar-refractivity contribution is 0.303. The minimum absolute atomic E-state index is 0.00773. The van der Waals surface area contributed by atoms with Crippen LogP contribution in [0.25, 0.3) is 0 Å². The van der Waals surface area contributed by atoms with Crippen LogP contribution in [-0.4, -0.2) is 41.9 Å². The quantitative estimate of drug-likeness (QED) is 0.618. The topological polar surface area (TPSA) is 100 Å². The van der Waals surface area contributed by atoms with Crippen molar-refractivity contribution in [1.29, 1.82) is 5.41 Å². The molecule has 2 heterocycles. The highest BCUT2D eigenvalue weighted by atomic mass is 32.2. The molecule has 1 aliphatic rings. The number of nitrogens with one attached hydrogen (secondary N) is 1. The summed E-state index contributed by atoms with van der Waals surface area (Å²) < 4.78 is 26.2. The third-order valence-electron chi connectivity index (χ3n) is 3.51. The SMILES string of the molecule is N=C(N)C1CCCCN1S(=O)(=O)CCc1ccccn1. The molecule has 1 saturated heterocycles. The summed E-state index contributed by atoms with van der Waals surface area (Å²) in [5.74, 6) is -0.0561. The van der Waals surface area contributed by atoms with E-state index in [0.29, 0.717) is 19.4 Å². The Bertz CT molecular complexity index is 559. The Morgan fingerprint density at radius 3 is 2.90 bits per heavy atom. The van der Waals surface area contributed by atoms with Gasteiger partial charge in [-0.15, -0.1) is 0 Å². The molecule has 6 nitrogen and oxygen atoms in total. The first kappa shape index (κ1) is 14.9. The second-order valence-corrected chi connectivity index (χ2v) is 7.01. The largest absolute Gasteiger partial charge is 0.386 e. The lowest BCUT2D eigenvalue weighted by Gasteiger charge is -2.33. The maximum Gasteiger partial charge on any atom is 0.215 e. The maximum absolute atomic E-state index is 12.4. The third kappa shape index (κ3) is 3.55. The van der Waals surface area contributed by atoms with Crippen molar-refractivity contribution in [3.05, 3.63) is 30.1 Å². The van der Waals surface area contributed by atoms with Crippen LogP contribution in [0.1, 0.15) is 25.0 Å². The molecule has 2 rings (SSSR count). The number of piperidine rings is 1. The molecule has 1 unspecified atom stereocenters. The van der Waals surface area contributed by atoms with Gasteiger partial charge in [-0.2, -0.15) is 4.31 Å². The van der Waals surface area contributed by atoms with Crippen LogP contribution in [0.5, 0.6) is 0 Å². The van der Waals surface area contributed by atoms with Crippen LogP contribution >= 0.6 is 0 Å². The Hall–Kier alpha value is -1.47. The zero-order valence-electron chi connectivity index (χ0n) is 11.3. The first-order valence-corrected chi connectivity index (χ1v) is 8.35. The molecule has 1 fully saturated rings. The molecule has 7 heteroatoms. The fourth-order valence-corrected chi connectivity index (χ4v) is 4.16. The van der Waals surface area contributed by atoms with Crippen LogP contribution in [-0.2, 0) is 16.4 Å². The van der Waals surface area contributed by atoms with Crippen molar-refractivity contribution in [3.63, 3.8) is 0 Å². The fraction of sp³-hybridized carbons (Fsp3) is 0.538. The van der Waals surface area contributed by atoms with Gasteiger partial charge >= 0.3 is 0 Å². The van der Waals surface area contributed by atoms with Crippen LogP contribution in [0.3, 0.4) is 0 Å². The van der Waals surface area contributed by atoms with E-state index in [0.717, 1.165) is 18.5 Å².